The van der Waals surface area contributed by atoms with E-state index in [0.717, 1.165) is 11.8 Å². The highest BCUT2D eigenvalue weighted by Crippen LogP contribution is 2.26. The second-order valence-electron chi connectivity index (χ2n) is 4.57. The molecule has 0 saturated carbocycles. The molecule has 5 nitrogen and oxygen atoms in total. The number of nitrogens with zero attached hydrogens (tertiary/aromatic N) is 3. The van der Waals surface area contributed by atoms with Gasteiger partial charge in [0.15, 0.2) is 4.96 Å². The molecule has 0 radical (unpaired) electrons. The van der Waals surface area contributed by atoms with E-state index in [2.05, 4.69) is 10.3 Å². The molecule has 1 amide bonds. The number of halogens is 1. The van der Waals surface area contributed by atoms with Crippen LogP contribution in [0.3, 0.4) is 0 Å². The van der Waals surface area contributed by atoms with Gasteiger partial charge in [-0.1, -0.05) is 0 Å². The number of hydrogen-bond donors (Lipinski definition) is 1. The zero-order valence-electron chi connectivity index (χ0n) is 11.8. The highest BCUT2D eigenvalue weighted by atomic mass is 32.2. The summed E-state index contributed by atoms with van der Waals surface area (Å²) in [5.41, 5.74) is 1.61. The zero-order valence-corrected chi connectivity index (χ0v) is 13.5. The average Bonchev–Trinajstić information content (AvgIpc) is 3.12. The van der Waals surface area contributed by atoms with Crippen molar-refractivity contribution in [3.8, 4) is 16.7 Å². The van der Waals surface area contributed by atoms with E-state index in [1.54, 1.807) is 22.7 Å². The largest absolute Gasteiger partial charge is 0.350 e. The van der Waals surface area contributed by atoms with Gasteiger partial charge in [-0.15, -0.1) is 11.3 Å². The summed E-state index contributed by atoms with van der Waals surface area (Å²) in [7, 11) is 0. The summed E-state index contributed by atoms with van der Waals surface area (Å²) in [6.07, 6.45) is 1.78. The summed E-state index contributed by atoms with van der Waals surface area (Å²) < 4.78 is 14.8. The first-order valence-electron chi connectivity index (χ1n) is 6.71. The fraction of sp³-hybridized carbons (Fsp3) is 0.133. The Balaban J connectivity index is 1.95. The lowest BCUT2D eigenvalue weighted by atomic mass is 10.1. The highest BCUT2D eigenvalue weighted by Gasteiger charge is 2.21. The molecule has 0 unspecified atom stereocenters. The first-order chi connectivity index (χ1) is 11.2. The van der Waals surface area contributed by atoms with Crippen molar-refractivity contribution in [1.82, 2.24) is 14.7 Å². The monoisotopic (exact) mass is 346 g/mol. The van der Waals surface area contributed by atoms with Gasteiger partial charge in [0.25, 0.3) is 5.91 Å². The number of carbonyl (C=O) groups is 1. The van der Waals surface area contributed by atoms with E-state index < -0.39 is 0 Å². The predicted molar refractivity (Wildman–Crippen MR) is 88.9 cm³/mol. The van der Waals surface area contributed by atoms with Crippen LogP contribution in [-0.4, -0.2) is 27.6 Å². The van der Waals surface area contributed by atoms with Gasteiger partial charge >= 0.3 is 0 Å². The lowest BCUT2D eigenvalue weighted by Crippen LogP contribution is -2.27. The molecule has 0 fully saturated rings. The molecule has 0 aliphatic heterocycles. The van der Waals surface area contributed by atoms with E-state index in [4.69, 9.17) is 5.26 Å². The van der Waals surface area contributed by atoms with Crippen LogP contribution in [0.2, 0.25) is 0 Å². The van der Waals surface area contributed by atoms with Crippen molar-refractivity contribution in [2.75, 3.05) is 12.3 Å². The van der Waals surface area contributed by atoms with Crippen LogP contribution in [0.1, 0.15) is 10.5 Å². The smallest absolute Gasteiger partial charge is 0.270 e. The Morgan fingerprint density at radius 3 is 2.96 bits per heavy atom. The first-order valence-corrected chi connectivity index (χ1v) is 8.58. The van der Waals surface area contributed by atoms with Crippen molar-refractivity contribution in [3.63, 3.8) is 0 Å². The Morgan fingerprint density at radius 2 is 2.22 bits per heavy atom. The van der Waals surface area contributed by atoms with E-state index in [-0.39, 0.29) is 11.7 Å². The van der Waals surface area contributed by atoms with Gasteiger partial charge in [-0.25, -0.2) is 9.37 Å². The number of nitrogens with one attached hydrogen (secondary N) is 1. The number of carbonyl (C=O) groups excluding carboxylic acids is 1. The molecule has 8 heteroatoms. The van der Waals surface area contributed by atoms with E-state index in [9.17, 15) is 9.18 Å². The molecule has 1 aromatic carbocycles. The van der Waals surface area contributed by atoms with Crippen LogP contribution >= 0.6 is 23.1 Å². The second-order valence-corrected chi connectivity index (χ2v) is 6.32. The van der Waals surface area contributed by atoms with Crippen molar-refractivity contribution in [2.45, 2.75) is 0 Å². The number of thiazole rings is 1. The number of amides is 1. The van der Waals surface area contributed by atoms with E-state index in [1.807, 2.05) is 10.8 Å². The normalized spacial score (nSPS) is 10.6. The van der Waals surface area contributed by atoms with Crippen LogP contribution in [0.15, 0.2) is 35.8 Å². The van der Waals surface area contributed by atoms with E-state index in [1.165, 1.54) is 23.5 Å². The van der Waals surface area contributed by atoms with Crippen molar-refractivity contribution < 1.29 is 9.18 Å². The Labute approximate surface area is 139 Å². The quantitative estimate of drug-likeness (QED) is 0.569. The number of thioether (sulfide) groups is 1. The number of hydrogen-bond acceptors (Lipinski definition) is 5. The Kier molecular flexibility index (Phi) is 4.60. The third kappa shape index (κ3) is 3.21. The van der Waals surface area contributed by atoms with Gasteiger partial charge in [0.1, 0.15) is 22.6 Å². The second kappa shape index (κ2) is 6.81. The molecule has 3 aromatic rings. The summed E-state index contributed by atoms with van der Waals surface area (Å²) in [5.74, 6) is -0.0947. The van der Waals surface area contributed by atoms with Crippen LogP contribution in [0, 0.1) is 16.5 Å². The molecule has 0 aliphatic carbocycles. The fourth-order valence-electron chi connectivity index (χ4n) is 2.16. The minimum Gasteiger partial charge on any atom is -0.350 e. The van der Waals surface area contributed by atoms with Gasteiger partial charge in [-0.05, 0) is 36.0 Å². The minimum absolute atomic E-state index is 0.270. The molecule has 0 aliphatic rings. The maximum Gasteiger partial charge on any atom is 0.270 e. The standard InChI is InChI=1S/C15H11FN4OS2/c16-11-3-1-10(2-4-11)12-13(14(21)18-5-7-22-9-17)20-6-8-23-15(20)19-12/h1-4,6,8H,5,7H2,(H,18,21). The van der Waals surface area contributed by atoms with Gasteiger partial charge in [-0.3, -0.25) is 9.20 Å². The van der Waals surface area contributed by atoms with Gasteiger partial charge < -0.3 is 5.32 Å². The Hall–Kier alpha value is -2.37. The average molecular weight is 346 g/mol. The lowest BCUT2D eigenvalue weighted by Gasteiger charge is -2.05. The minimum atomic E-state index is -0.339. The maximum atomic E-state index is 13.1. The molecule has 1 N–H and O–H groups in total. The summed E-state index contributed by atoms with van der Waals surface area (Å²) in [5, 5.41) is 15.1. The van der Waals surface area contributed by atoms with Gasteiger partial charge in [0.2, 0.25) is 0 Å². The number of fused-ring (bicyclic) bond motifs is 1. The number of aromatic nitrogens is 2. The molecule has 2 heterocycles. The molecule has 2 aromatic heterocycles. The van der Waals surface area contributed by atoms with E-state index in [0.29, 0.717) is 34.2 Å². The van der Waals surface area contributed by atoms with Crippen LogP contribution in [0.5, 0.6) is 0 Å². The van der Waals surface area contributed by atoms with Crippen molar-refractivity contribution in [3.05, 3.63) is 47.4 Å². The highest BCUT2D eigenvalue weighted by molar-refractivity contribution is 8.03. The number of imidazole rings is 1. The fourth-order valence-corrected chi connectivity index (χ4v) is 3.17. The van der Waals surface area contributed by atoms with Gasteiger partial charge in [-0.2, -0.15) is 5.26 Å². The van der Waals surface area contributed by atoms with Crippen LogP contribution in [-0.2, 0) is 0 Å². The number of benzene rings is 1. The Morgan fingerprint density at radius 1 is 1.43 bits per heavy atom. The lowest BCUT2D eigenvalue weighted by molar-refractivity contribution is 0.0951. The zero-order chi connectivity index (χ0) is 16.2. The molecule has 0 bridgehead atoms. The maximum absolute atomic E-state index is 13.1. The molecule has 116 valence electrons. The van der Waals surface area contributed by atoms with Crippen LogP contribution in [0.25, 0.3) is 16.2 Å². The van der Waals surface area contributed by atoms with Gasteiger partial charge in [0.05, 0.1) is 0 Å². The van der Waals surface area contributed by atoms with Gasteiger partial charge in [0, 0.05) is 29.4 Å². The number of thiocyanates is 1. The predicted octanol–water partition coefficient (Wildman–Crippen LogP) is 3.15. The summed E-state index contributed by atoms with van der Waals surface area (Å²) >= 11 is 2.50. The van der Waals surface area contributed by atoms with Crippen molar-refractivity contribution >= 4 is 34.0 Å². The third-order valence-electron chi connectivity index (χ3n) is 3.15. The van der Waals surface area contributed by atoms with Crippen LogP contribution in [0.4, 0.5) is 4.39 Å². The molecular formula is C15H11FN4OS2. The summed E-state index contributed by atoms with van der Waals surface area (Å²) in [6, 6.07) is 5.89. The number of rotatable bonds is 5. The Bertz CT molecular complexity index is 879. The molecule has 3 rings (SSSR count). The molecule has 23 heavy (non-hydrogen) atoms. The summed E-state index contributed by atoms with van der Waals surface area (Å²) in [6.45, 7) is 0.386. The topological polar surface area (TPSA) is 70.2 Å². The molecule has 0 spiro atoms. The number of nitriles is 1. The molecule has 0 saturated heterocycles. The van der Waals surface area contributed by atoms with Crippen molar-refractivity contribution in [1.29, 1.82) is 5.26 Å². The summed E-state index contributed by atoms with van der Waals surface area (Å²) in [4.78, 5) is 17.7. The van der Waals surface area contributed by atoms with Crippen LogP contribution < -0.4 is 5.32 Å². The van der Waals surface area contributed by atoms with E-state index >= 15 is 0 Å². The third-order valence-corrected chi connectivity index (χ3v) is 4.44. The molecular weight excluding hydrogens is 335 g/mol. The first kappa shape index (κ1) is 15.5. The van der Waals surface area contributed by atoms with Crippen molar-refractivity contribution in [2.24, 2.45) is 0 Å². The SMILES string of the molecule is N#CSCCNC(=O)c1c(-c2ccc(F)cc2)nc2sccn12. The molecule has 0 atom stereocenters.